The van der Waals surface area contributed by atoms with Gasteiger partial charge < -0.3 is 15.1 Å². The van der Waals surface area contributed by atoms with Crippen molar-refractivity contribution in [3.63, 3.8) is 0 Å². The molecule has 0 aromatic heterocycles. The lowest BCUT2D eigenvalue weighted by atomic mass is 9.95. The standard InChI is InChI=1S/C14H25N3O3/c1-10(15-13(20)14(3,4)5)12(19)17-8-6-16(7-9-17)11(2)18/h10H,6-9H2,1-5H3,(H,15,20). The van der Waals surface area contributed by atoms with Gasteiger partial charge in [-0.2, -0.15) is 0 Å². The van der Waals surface area contributed by atoms with E-state index in [-0.39, 0.29) is 17.7 Å². The van der Waals surface area contributed by atoms with Crippen molar-refractivity contribution >= 4 is 17.7 Å². The van der Waals surface area contributed by atoms with Crippen LogP contribution in [0.25, 0.3) is 0 Å². The molecule has 1 atom stereocenters. The monoisotopic (exact) mass is 283 g/mol. The van der Waals surface area contributed by atoms with Gasteiger partial charge in [0.05, 0.1) is 0 Å². The Balaban J connectivity index is 2.51. The number of nitrogens with one attached hydrogen (secondary N) is 1. The minimum Gasteiger partial charge on any atom is -0.344 e. The van der Waals surface area contributed by atoms with Crippen LogP contribution in [0.2, 0.25) is 0 Å². The van der Waals surface area contributed by atoms with Crippen molar-refractivity contribution in [2.75, 3.05) is 26.2 Å². The van der Waals surface area contributed by atoms with Gasteiger partial charge >= 0.3 is 0 Å². The van der Waals surface area contributed by atoms with E-state index < -0.39 is 11.5 Å². The lowest BCUT2D eigenvalue weighted by Gasteiger charge is -2.35. The number of carbonyl (C=O) groups is 3. The number of nitrogens with zero attached hydrogens (tertiary/aromatic N) is 2. The Morgan fingerprint density at radius 1 is 1.00 bits per heavy atom. The first-order valence-electron chi connectivity index (χ1n) is 6.98. The zero-order valence-corrected chi connectivity index (χ0v) is 13.0. The van der Waals surface area contributed by atoms with E-state index in [0.29, 0.717) is 26.2 Å². The predicted octanol–water partition coefficient (Wildman–Crippen LogP) is 0.228. The average Bonchev–Trinajstić information content (AvgIpc) is 2.36. The van der Waals surface area contributed by atoms with Crippen LogP contribution in [0.4, 0.5) is 0 Å². The molecule has 0 spiro atoms. The van der Waals surface area contributed by atoms with E-state index in [9.17, 15) is 14.4 Å². The average molecular weight is 283 g/mol. The molecule has 0 radical (unpaired) electrons. The van der Waals surface area contributed by atoms with Crippen LogP contribution in [-0.2, 0) is 14.4 Å². The second kappa shape index (κ2) is 6.24. The molecule has 1 heterocycles. The lowest BCUT2D eigenvalue weighted by Crippen LogP contribution is -2.55. The molecule has 1 saturated heterocycles. The fourth-order valence-electron chi connectivity index (χ4n) is 1.99. The summed E-state index contributed by atoms with van der Waals surface area (Å²) in [7, 11) is 0. The summed E-state index contributed by atoms with van der Waals surface area (Å²) in [6, 6.07) is -0.536. The van der Waals surface area contributed by atoms with Crippen molar-refractivity contribution in [2.45, 2.75) is 40.7 Å². The minimum atomic E-state index is -0.536. The molecule has 0 aromatic rings. The Morgan fingerprint density at radius 3 is 1.85 bits per heavy atom. The molecule has 0 bridgehead atoms. The number of piperazine rings is 1. The summed E-state index contributed by atoms with van der Waals surface area (Å²) < 4.78 is 0. The molecule has 1 fully saturated rings. The van der Waals surface area contributed by atoms with E-state index in [1.54, 1.807) is 16.7 Å². The van der Waals surface area contributed by atoms with Crippen LogP contribution < -0.4 is 5.32 Å². The molecule has 20 heavy (non-hydrogen) atoms. The maximum atomic E-state index is 12.2. The Bertz CT molecular complexity index is 393. The van der Waals surface area contributed by atoms with Crippen LogP contribution in [-0.4, -0.2) is 59.7 Å². The van der Waals surface area contributed by atoms with Crippen molar-refractivity contribution in [1.82, 2.24) is 15.1 Å². The minimum absolute atomic E-state index is 0.0335. The van der Waals surface area contributed by atoms with Gasteiger partial charge in [0.1, 0.15) is 6.04 Å². The van der Waals surface area contributed by atoms with Crippen molar-refractivity contribution in [2.24, 2.45) is 5.41 Å². The van der Waals surface area contributed by atoms with Gasteiger partial charge in [0.25, 0.3) is 0 Å². The zero-order valence-electron chi connectivity index (χ0n) is 13.0. The van der Waals surface area contributed by atoms with E-state index in [2.05, 4.69) is 5.32 Å². The SMILES string of the molecule is CC(=O)N1CCN(C(=O)C(C)NC(=O)C(C)(C)C)CC1. The van der Waals surface area contributed by atoms with Gasteiger partial charge in [-0.05, 0) is 6.92 Å². The van der Waals surface area contributed by atoms with Crippen LogP contribution in [0.1, 0.15) is 34.6 Å². The molecule has 0 saturated carbocycles. The number of hydrogen-bond acceptors (Lipinski definition) is 3. The number of rotatable bonds is 2. The van der Waals surface area contributed by atoms with Crippen molar-refractivity contribution < 1.29 is 14.4 Å². The first kappa shape index (κ1) is 16.5. The summed E-state index contributed by atoms with van der Waals surface area (Å²) >= 11 is 0. The van der Waals surface area contributed by atoms with Gasteiger partial charge in [-0.3, -0.25) is 14.4 Å². The fourth-order valence-corrected chi connectivity index (χ4v) is 1.99. The predicted molar refractivity (Wildman–Crippen MR) is 75.9 cm³/mol. The smallest absolute Gasteiger partial charge is 0.244 e. The molecule has 1 aliphatic rings. The first-order valence-corrected chi connectivity index (χ1v) is 6.98. The third kappa shape index (κ3) is 4.21. The molecule has 6 heteroatoms. The highest BCUT2D eigenvalue weighted by Gasteiger charge is 2.29. The van der Waals surface area contributed by atoms with Crippen molar-refractivity contribution in [1.29, 1.82) is 0 Å². The summed E-state index contributed by atoms with van der Waals surface area (Å²) in [5, 5.41) is 2.74. The first-order chi connectivity index (χ1) is 9.12. The molecule has 114 valence electrons. The molecular formula is C14H25N3O3. The van der Waals surface area contributed by atoms with Gasteiger partial charge in [-0.15, -0.1) is 0 Å². The summed E-state index contributed by atoms with van der Waals surface area (Å²) in [4.78, 5) is 38.8. The van der Waals surface area contributed by atoms with Crippen LogP contribution in [0.15, 0.2) is 0 Å². The summed E-state index contributed by atoms with van der Waals surface area (Å²) in [6.07, 6.45) is 0. The maximum Gasteiger partial charge on any atom is 0.244 e. The maximum absolute atomic E-state index is 12.2. The molecule has 1 aliphatic heterocycles. The normalized spacial score (nSPS) is 17.6. The quantitative estimate of drug-likeness (QED) is 0.788. The number of hydrogen-bond donors (Lipinski definition) is 1. The molecule has 0 aromatic carbocycles. The largest absolute Gasteiger partial charge is 0.344 e. The molecule has 3 amide bonds. The van der Waals surface area contributed by atoms with E-state index in [1.807, 2.05) is 20.8 Å². The molecule has 1 unspecified atom stereocenters. The van der Waals surface area contributed by atoms with Crippen LogP contribution in [0, 0.1) is 5.41 Å². The highest BCUT2D eigenvalue weighted by molar-refractivity contribution is 5.89. The molecule has 0 aliphatic carbocycles. The van der Waals surface area contributed by atoms with Crippen LogP contribution in [0.3, 0.4) is 0 Å². The van der Waals surface area contributed by atoms with Gasteiger partial charge in [0.15, 0.2) is 0 Å². The summed E-state index contributed by atoms with van der Waals surface area (Å²) in [5.74, 6) is -0.197. The van der Waals surface area contributed by atoms with E-state index in [0.717, 1.165) is 0 Å². The zero-order chi connectivity index (χ0) is 15.5. The second-order valence-corrected chi connectivity index (χ2v) is 6.28. The van der Waals surface area contributed by atoms with Gasteiger partial charge in [0.2, 0.25) is 17.7 Å². The third-order valence-corrected chi connectivity index (χ3v) is 3.44. The van der Waals surface area contributed by atoms with Gasteiger partial charge in [-0.25, -0.2) is 0 Å². The molecular weight excluding hydrogens is 258 g/mol. The summed E-state index contributed by atoms with van der Waals surface area (Å²) in [5.41, 5.74) is -0.512. The van der Waals surface area contributed by atoms with Crippen molar-refractivity contribution in [3.8, 4) is 0 Å². The number of carbonyl (C=O) groups excluding carboxylic acids is 3. The Hall–Kier alpha value is -1.59. The number of amides is 3. The van der Waals surface area contributed by atoms with Crippen molar-refractivity contribution in [3.05, 3.63) is 0 Å². The van der Waals surface area contributed by atoms with E-state index >= 15 is 0 Å². The van der Waals surface area contributed by atoms with E-state index in [1.165, 1.54) is 6.92 Å². The molecule has 1 rings (SSSR count). The van der Waals surface area contributed by atoms with Gasteiger partial charge in [-0.1, -0.05) is 20.8 Å². The lowest BCUT2D eigenvalue weighted by molar-refractivity contribution is -0.141. The van der Waals surface area contributed by atoms with Crippen LogP contribution >= 0.6 is 0 Å². The Labute approximate surface area is 120 Å². The third-order valence-electron chi connectivity index (χ3n) is 3.44. The molecule has 1 N–H and O–H groups in total. The topological polar surface area (TPSA) is 69.7 Å². The Morgan fingerprint density at radius 2 is 1.45 bits per heavy atom. The molecule has 6 nitrogen and oxygen atoms in total. The Kier molecular flexibility index (Phi) is 5.14. The second-order valence-electron chi connectivity index (χ2n) is 6.28. The summed E-state index contributed by atoms with van der Waals surface area (Å²) in [6.45, 7) is 10.8. The highest BCUT2D eigenvalue weighted by atomic mass is 16.2. The van der Waals surface area contributed by atoms with Gasteiger partial charge in [0, 0.05) is 38.5 Å². The fraction of sp³-hybridized carbons (Fsp3) is 0.786. The van der Waals surface area contributed by atoms with Crippen LogP contribution in [0.5, 0.6) is 0 Å². The highest BCUT2D eigenvalue weighted by Crippen LogP contribution is 2.13. The van der Waals surface area contributed by atoms with E-state index in [4.69, 9.17) is 0 Å².